The van der Waals surface area contributed by atoms with Crippen LogP contribution in [0.3, 0.4) is 0 Å². The summed E-state index contributed by atoms with van der Waals surface area (Å²) >= 11 is 6.17. The third-order valence-corrected chi connectivity index (χ3v) is 5.30. The predicted molar refractivity (Wildman–Crippen MR) is 84.1 cm³/mol. The maximum atomic E-state index is 12.3. The molecule has 4 nitrogen and oxygen atoms in total. The average Bonchev–Trinajstić information content (AvgIpc) is 3.02. The van der Waals surface area contributed by atoms with Gasteiger partial charge in [0.05, 0.1) is 18.8 Å². The van der Waals surface area contributed by atoms with Crippen LogP contribution in [0, 0.1) is 12.8 Å². The van der Waals surface area contributed by atoms with Gasteiger partial charge < -0.3 is 14.5 Å². The minimum Gasteiger partial charge on any atom is -0.464 e. The molecular weight excluding hydrogens is 302 g/mol. The van der Waals surface area contributed by atoms with E-state index in [2.05, 4.69) is 5.32 Å². The largest absolute Gasteiger partial charge is 0.464 e. The smallest absolute Gasteiger partial charge is 0.224 e. The van der Waals surface area contributed by atoms with Crippen LogP contribution < -0.4 is 5.32 Å². The van der Waals surface area contributed by atoms with Crippen LogP contribution in [0.4, 0.5) is 0 Å². The van der Waals surface area contributed by atoms with Crippen LogP contribution >= 0.6 is 11.6 Å². The van der Waals surface area contributed by atoms with Crippen molar-refractivity contribution in [2.75, 3.05) is 6.61 Å². The first-order valence-electron chi connectivity index (χ1n) is 7.69. The van der Waals surface area contributed by atoms with Gasteiger partial charge in [-0.25, -0.2) is 0 Å². The summed E-state index contributed by atoms with van der Waals surface area (Å²) in [5.41, 5.74) is 2.63. The van der Waals surface area contributed by atoms with Crippen molar-refractivity contribution in [3.8, 4) is 0 Å². The van der Waals surface area contributed by atoms with Crippen molar-refractivity contribution in [1.29, 1.82) is 0 Å². The lowest BCUT2D eigenvalue weighted by atomic mass is 9.76. The van der Waals surface area contributed by atoms with Crippen LogP contribution in [0.25, 0.3) is 11.0 Å². The summed E-state index contributed by atoms with van der Waals surface area (Å²) in [5, 5.41) is 4.74. The number of ether oxygens (including phenoxy) is 1. The molecule has 1 N–H and O–H groups in total. The van der Waals surface area contributed by atoms with Crippen LogP contribution in [0.15, 0.2) is 22.8 Å². The molecule has 1 amide bonds. The molecule has 2 aliphatic rings. The van der Waals surface area contributed by atoms with E-state index in [0.717, 1.165) is 41.5 Å². The molecule has 1 aromatic carbocycles. The van der Waals surface area contributed by atoms with Crippen LogP contribution in [-0.4, -0.2) is 24.7 Å². The Kier molecular flexibility index (Phi) is 3.39. The summed E-state index contributed by atoms with van der Waals surface area (Å²) in [6.07, 6.45) is 4.33. The highest BCUT2D eigenvalue weighted by Crippen LogP contribution is 2.38. The molecule has 1 aliphatic carbocycles. The Morgan fingerprint density at radius 3 is 3.14 bits per heavy atom. The first-order chi connectivity index (χ1) is 10.6. The van der Waals surface area contributed by atoms with Gasteiger partial charge in [-0.2, -0.15) is 0 Å². The zero-order valence-corrected chi connectivity index (χ0v) is 13.2. The maximum absolute atomic E-state index is 12.3. The van der Waals surface area contributed by atoms with E-state index < -0.39 is 0 Å². The van der Waals surface area contributed by atoms with Crippen molar-refractivity contribution in [3.63, 3.8) is 0 Å². The molecule has 1 aliphatic heterocycles. The number of rotatable bonds is 3. The molecule has 3 atom stereocenters. The van der Waals surface area contributed by atoms with E-state index >= 15 is 0 Å². The Bertz CT molecular complexity index is 739. The van der Waals surface area contributed by atoms with Gasteiger partial charge in [0.15, 0.2) is 0 Å². The van der Waals surface area contributed by atoms with E-state index in [1.54, 1.807) is 6.26 Å². The molecule has 1 aromatic heterocycles. The highest BCUT2D eigenvalue weighted by atomic mass is 35.5. The lowest BCUT2D eigenvalue weighted by Crippen LogP contribution is -2.53. The molecular formula is C17H18ClNO3. The third-order valence-electron chi connectivity index (χ3n) is 4.90. The lowest BCUT2D eigenvalue weighted by molar-refractivity contribution is -0.123. The summed E-state index contributed by atoms with van der Waals surface area (Å²) < 4.78 is 11.1. The van der Waals surface area contributed by atoms with Gasteiger partial charge in [0.2, 0.25) is 5.91 Å². The van der Waals surface area contributed by atoms with Crippen LogP contribution in [0.1, 0.15) is 24.0 Å². The highest BCUT2D eigenvalue weighted by Gasteiger charge is 2.45. The number of hydrogen-bond acceptors (Lipinski definition) is 3. The zero-order valence-electron chi connectivity index (χ0n) is 12.4. The van der Waals surface area contributed by atoms with Gasteiger partial charge in [0, 0.05) is 34.5 Å². The van der Waals surface area contributed by atoms with E-state index in [0.29, 0.717) is 23.5 Å². The number of carbonyl (C=O) groups is 1. The van der Waals surface area contributed by atoms with Gasteiger partial charge in [-0.1, -0.05) is 11.6 Å². The second kappa shape index (κ2) is 5.28. The summed E-state index contributed by atoms with van der Waals surface area (Å²) in [5.74, 6) is 0.539. The molecule has 116 valence electrons. The van der Waals surface area contributed by atoms with Crippen LogP contribution in [-0.2, 0) is 16.0 Å². The number of aryl methyl sites for hydroxylation is 1. The first-order valence-corrected chi connectivity index (χ1v) is 8.07. The summed E-state index contributed by atoms with van der Waals surface area (Å²) in [4.78, 5) is 12.3. The monoisotopic (exact) mass is 319 g/mol. The molecule has 0 unspecified atom stereocenters. The van der Waals surface area contributed by atoms with Crippen molar-refractivity contribution in [3.05, 3.63) is 34.5 Å². The van der Waals surface area contributed by atoms with Gasteiger partial charge in [-0.3, -0.25) is 4.79 Å². The Hall–Kier alpha value is -1.52. The number of amides is 1. The lowest BCUT2D eigenvalue weighted by Gasteiger charge is -2.39. The maximum Gasteiger partial charge on any atom is 0.224 e. The Balaban J connectivity index is 1.46. The van der Waals surface area contributed by atoms with Crippen LogP contribution in [0.2, 0.25) is 5.02 Å². The van der Waals surface area contributed by atoms with Gasteiger partial charge in [-0.15, -0.1) is 0 Å². The minimum atomic E-state index is 0.0368. The zero-order chi connectivity index (χ0) is 15.3. The van der Waals surface area contributed by atoms with E-state index in [4.69, 9.17) is 20.8 Å². The Morgan fingerprint density at radius 2 is 2.32 bits per heavy atom. The predicted octanol–water partition coefficient (Wildman–Crippen LogP) is 3.23. The fourth-order valence-corrected chi connectivity index (χ4v) is 3.70. The van der Waals surface area contributed by atoms with Gasteiger partial charge in [0.1, 0.15) is 5.58 Å². The van der Waals surface area contributed by atoms with E-state index in [1.807, 2.05) is 19.1 Å². The number of benzene rings is 1. The quantitative estimate of drug-likeness (QED) is 0.945. The van der Waals surface area contributed by atoms with Gasteiger partial charge in [0.25, 0.3) is 0 Å². The Labute approximate surface area is 133 Å². The summed E-state index contributed by atoms with van der Waals surface area (Å²) in [7, 11) is 0. The summed E-state index contributed by atoms with van der Waals surface area (Å²) in [6, 6.07) is 4.05. The molecule has 0 bridgehead atoms. The fraction of sp³-hybridized carbons (Fsp3) is 0.471. The van der Waals surface area contributed by atoms with Gasteiger partial charge in [-0.05, 0) is 37.5 Å². The summed E-state index contributed by atoms with van der Waals surface area (Å²) in [6.45, 7) is 2.76. The van der Waals surface area contributed by atoms with Crippen molar-refractivity contribution in [1.82, 2.24) is 5.32 Å². The van der Waals surface area contributed by atoms with E-state index in [-0.39, 0.29) is 11.9 Å². The number of nitrogens with one attached hydrogen (secondary N) is 1. The number of fused-ring (bicyclic) bond motifs is 2. The second-order valence-electron chi connectivity index (χ2n) is 6.31. The normalized spacial score (nSPS) is 26.7. The van der Waals surface area contributed by atoms with Crippen LogP contribution in [0.5, 0.6) is 0 Å². The topological polar surface area (TPSA) is 51.5 Å². The molecule has 1 saturated carbocycles. The van der Waals surface area contributed by atoms with Crippen molar-refractivity contribution in [2.24, 2.45) is 5.92 Å². The molecule has 0 spiro atoms. The number of halogens is 1. The fourth-order valence-electron chi connectivity index (χ4n) is 3.53. The first kappa shape index (κ1) is 14.1. The third kappa shape index (κ3) is 2.31. The number of carbonyl (C=O) groups excluding carboxylic acids is 1. The molecule has 0 radical (unpaired) electrons. The second-order valence-corrected chi connectivity index (χ2v) is 6.71. The molecule has 2 fully saturated rings. The standard InChI is InChI=1S/C17H18ClNO3/c1-9-4-15-12(6-13(9)18)10(8-22-15)5-17(20)19-14-7-16-11(14)2-3-21-16/h4,6,8,11,14,16H,2-3,5,7H2,1H3,(H,19,20)/t11-,14+,16+/m0/s1. The number of hydrogen-bond donors (Lipinski definition) is 1. The SMILES string of the molecule is Cc1cc2occ(CC(=O)N[C@@H]3C[C@H]4OCC[C@@H]34)c2cc1Cl. The van der Waals surface area contributed by atoms with Crippen molar-refractivity contribution in [2.45, 2.75) is 38.3 Å². The molecule has 4 rings (SSSR count). The van der Waals surface area contributed by atoms with Crippen molar-refractivity contribution >= 4 is 28.5 Å². The average molecular weight is 320 g/mol. The highest BCUT2D eigenvalue weighted by molar-refractivity contribution is 6.32. The van der Waals surface area contributed by atoms with Crippen molar-refractivity contribution < 1.29 is 13.9 Å². The molecule has 5 heteroatoms. The van der Waals surface area contributed by atoms with Gasteiger partial charge >= 0.3 is 0 Å². The molecule has 1 saturated heterocycles. The Morgan fingerprint density at radius 1 is 1.45 bits per heavy atom. The van der Waals surface area contributed by atoms with E-state index in [1.165, 1.54) is 0 Å². The van der Waals surface area contributed by atoms with E-state index in [9.17, 15) is 4.79 Å². The molecule has 22 heavy (non-hydrogen) atoms. The minimum absolute atomic E-state index is 0.0368. The molecule has 2 aromatic rings. The number of furan rings is 1. The molecule has 2 heterocycles.